The largest absolute Gasteiger partial charge is 0.416 e. The Morgan fingerprint density at radius 3 is 2.33 bits per heavy atom. The second-order valence-corrected chi connectivity index (χ2v) is 5.21. The van der Waals surface area contributed by atoms with Gasteiger partial charge in [-0.3, -0.25) is 0 Å². The molecule has 1 N–H and O–H groups in total. The first-order valence-electron chi connectivity index (χ1n) is 7.16. The van der Waals surface area contributed by atoms with E-state index in [4.69, 9.17) is 0 Å². The fourth-order valence-electron chi connectivity index (χ4n) is 2.51. The van der Waals surface area contributed by atoms with E-state index in [1.807, 2.05) is 0 Å². The summed E-state index contributed by atoms with van der Waals surface area (Å²) in [6.07, 6.45) is -0.301. The molecule has 21 heavy (non-hydrogen) atoms. The van der Waals surface area contributed by atoms with Crippen LogP contribution in [0.4, 0.5) is 18.0 Å². The van der Waals surface area contributed by atoms with Crippen molar-refractivity contribution in [2.45, 2.75) is 38.4 Å². The summed E-state index contributed by atoms with van der Waals surface area (Å²) in [5.74, 6) is 0. The van der Waals surface area contributed by atoms with Crippen LogP contribution in [0.5, 0.6) is 0 Å². The van der Waals surface area contributed by atoms with Gasteiger partial charge in [-0.05, 0) is 24.5 Å². The van der Waals surface area contributed by atoms with Crippen LogP contribution in [0.15, 0.2) is 24.3 Å². The summed E-state index contributed by atoms with van der Waals surface area (Å²) < 4.78 is 38.6. The highest BCUT2D eigenvalue weighted by molar-refractivity contribution is 5.74. The molecule has 2 amide bonds. The number of rotatable bonds is 2. The molecule has 1 fully saturated rings. The van der Waals surface area contributed by atoms with Crippen LogP contribution >= 0.6 is 0 Å². The fourth-order valence-corrected chi connectivity index (χ4v) is 2.51. The van der Waals surface area contributed by atoms with E-state index >= 15 is 0 Å². The number of halogens is 3. The van der Waals surface area contributed by atoms with Crippen LogP contribution in [0.2, 0.25) is 0 Å². The van der Waals surface area contributed by atoms with Gasteiger partial charge in [0.05, 0.1) is 5.56 Å². The normalized spacial score (nSPS) is 16.4. The number of carbonyl (C=O) groups excluding carboxylic acids is 1. The van der Waals surface area contributed by atoms with Crippen LogP contribution in [-0.4, -0.2) is 24.0 Å². The number of carbonyl (C=O) groups is 1. The molecule has 0 atom stereocenters. The molecule has 0 saturated carbocycles. The Morgan fingerprint density at radius 2 is 1.71 bits per heavy atom. The number of benzene rings is 1. The molecule has 3 nitrogen and oxygen atoms in total. The Labute approximate surface area is 122 Å². The molecule has 1 heterocycles. The van der Waals surface area contributed by atoms with Crippen LogP contribution in [0.25, 0.3) is 0 Å². The minimum absolute atomic E-state index is 0.0909. The molecule has 1 aromatic rings. The van der Waals surface area contributed by atoms with Crippen molar-refractivity contribution < 1.29 is 18.0 Å². The maximum Gasteiger partial charge on any atom is 0.416 e. The van der Waals surface area contributed by atoms with Gasteiger partial charge in [0.2, 0.25) is 0 Å². The predicted molar refractivity (Wildman–Crippen MR) is 73.7 cm³/mol. The summed E-state index contributed by atoms with van der Waals surface area (Å²) in [6, 6.07) is 5.04. The zero-order valence-corrected chi connectivity index (χ0v) is 11.7. The number of hydrogen-bond donors (Lipinski definition) is 1. The van der Waals surface area contributed by atoms with Gasteiger partial charge in [0.1, 0.15) is 0 Å². The third-order valence-corrected chi connectivity index (χ3v) is 3.65. The van der Waals surface area contributed by atoms with Crippen LogP contribution in [0.1, 0.15) is 36.8 Å². The number of nitrogens with zero attached hydrogens (tertiary/aromatic N) is 1. The van der Waals surface area contributed by atoms with Gasteiger partial charge in [0.25, 0.3) is 0 Å². The summed E-state index contributed by atoms with van der Waals surface area (Å²) in [4.78, 5) is 13.7. The molecule has 2 rings (SSSR count). The molecule has 0 unspecified atom stereocenters. The Bertz CT molecular complexity index is 480. The molecule has 1 saturated heterocycles. The van der Waals surface area contributed by atoms with Gasteiger partial charge in [0, 0.05) is 19.6 Å². The maximum absolute atomic E-state index is 12.9. The molecule has 0 aromatic heterocycles. The molecule has 1 aliphatic rings. The highest BCUT2D eigenvalue weighted by Gasteiger charge is 2.32. The third kappa shape index (κ3) is 4.37. The van der Waals surface area contributed by atoms with Crippen LogP contribution in [-0.2, 0) is 12.7 Å². The average molecular weight is 300 g/mol. The lowest BCUT2D eigenvalue weighted by Gasteiger charge is -2.21. The van der Waals surface area contributed by atoms with Crippen LogP contribution in [0, 0.1) is 0 Å². The van der Waals surface area contributed by atoms with Gasteiger partial charge in [-0.15, -0.1) is 0 Å². The summed E-state index contributed by atoms with van der Waals surface area (Å²) in [5.41, 5.74) is -0.602. The molecule has 116 valence electrons. The lowest BCUT2D eigenvalue weighted by Crippen LogP contribution is -2.40. The van der Waals surface area contributed by atoms with Crippen LogP contribution < -0.4 is 5.32 Å². The molecule has 1 aromatic carbocycles. The maximum atomic E-state index is 12.9. The molecular weight excluding hydrogens is 281 g/mol. The number of amides is 2. The van der Waals surface area contributed by atoms with E-state index in [0.717, 1.165) is 31.7 Å². The molecule has 0 radical (unpaired) electrons. The zero-order chi connectivity index (χ0) is 15.3. The van der Waals surface area contributed by atoms with Gasteiger partial charge in [-0.1, -0.05) is 31.0 Å². The highest BCUT2D eigenvalue weighted by atomic mass is 19.4. The Kier molecular flexibility index (Phi) is 5.09. The molecule has 6 heteroatoms. The van der Waals surface area contributed by atoms with E-state index in [9.17, 15) is 18.0 Å². The number of alkyl halides is 3. The minimum Gasteiger partial charge on any atom is -0.334 e. The number of urea groups is 1. The molecular formula is C15H19F3N2O. The SMILES string of the molecule is O=C(NCc1ccccc1C(F)(F)F)N1CCCCCC1. The Balaban J connectivity index is 1.98. The zero-order valence-electron chi connectivity index (χ0n) is 11.7. The minimum atomic E-state index is -4.40. The van der Waals surface area contributed by atoms with Gasteiger partial charge < -0.3 is 10.2 Å². The Hall–Kier alpha value is -1.72. The van der Waals surface area contributed by atoms with Crippen molar-refractivity contribution >= 4 is 6.03 Å². The van der Waals surface area contributed by atoms with E-state index in [0.29, 0.717) is 13.1 Å². The number of hydrogen-bond acceptors (Lipinski definition) is 1. The molecule has 1 aliphatic heterocycles. The standard InChI is InChI=1S/C15H19F3N2O/c16-15(17,18)13-8-4-3-7-12(13)11-19-14(21)20-9-5-1-2-6-10-20/h3-4,7-8H,1-2,5-6,9-11H2,(H,19,21). The Morgan fingerprint density at radius 1 is 1.10 bits per heavy atom. The van der Waals surface area contributed by atoms with E-state index in [-0.39, 0.29) is 18.1 Å². The van der Waals surface area contributed by atoms with Crippen molar-refractivity contribution in [3.8, 4) is 0 Å². The first-order valence-corrected chi connectivity index (χ1v) is 7.16. The summed E-state index contributed by atoms with van der Waals surface area (Å²) >= 11 is 0. The first-order chi connectivity index (χ1) is 9.98. The van der Waals surface area contributed by atoms with Gasteiger partial charge in [-0.25, -0.2) is 4.79 Å². The quantitative estimate of drug-likeness (QED) is 0.885. The van der Waals surface area contributed by atoms with E-state index in [1.165, 1.54) is 12.1 Å². The van der Waals surface area contributed by atoms with E-state index in [2.05, 4.69) is 5.32 Å². The number of likely N-dealkylation sites (tertiary alicyclic amines) is 1. The summed E-state index contributed by atoms with van der Waals surface area (Å²) in [6.45, 7) is 1.24. The van der Waals surface area contributed by atoms with Crippen molar-refractivity contribution in [3.05, 3.63) is 35.4 Å². The van der Waals surface area contributed by atoms with E-state index in [1.54, 1.807) is 11.0 Å². The van der Waals surface area contributed by atoms with Crippen molar-refractivity contribution in [2.75, 3.05) is 13.1 Å². The van der Waals surface area contributed by atoms with Crippen LogP contribution in [0.3, 0.4) is 0 Å². The lowest BCUT2D eigenvalue weighted by atomic mass is 10.1. The second-order valence-electron chi connectivity index (χ2n) is 5.21. The molecule has 0 spiro atoms. The van der Waals surface area contributed by atoms with E-state index < -0.39 is 11.7 Å². The highest BCUT2D eigenvalue weighted by Crippen LogP contribution is 2.31. The third-order valence-electron chi connectivity index (χ3n) is 3.65. The van der Waals surface area contributed by atoms with Gasteiger partial charge in [0.15, 0.2) is 0 Å². The second kappa shape index (κ2) is 6.83. The fraction of sp³-hybridized carbons (Fsp3) is 0.533. The summed E-state index contributed by atoms with van der Waals surface area (Å²) in [5, 5.41) is 2.60. The van der Waals surface area contributed by atoms with Crippen molar-refractivity contribution in [2.24, 2.45) is 0 Å². The van der Waals surface area contributed by atoms with Gasteiger partial charge >= 0.3 is 12.2 Å². The predicted octanol–water partition coefficient (Wildman–Crippen LogP) is 3.79. The average Bonchev–Trinajstić information content (AvgIpc) is 2.73. The molecule has 0 bridgehead atoms. The summed E-state index contributed by atoms with van der Waals surface area (Å²) in [7, 11) is 0. The van der Waals surface area contributed by atoms with Crippen molar-refractivity contribution in [1.82, 2.24) is 10.2 Å². The molecule has 0 aliphatic carbocycles. The monoisotopic (exact) mass is 300 g/mol. The first kappa shape index (κ1) is 15.7. The van der Waals surface area contributed by atoms with Crippen molar-refractivity contribution in [3.63, 3.8) is 0 Å². The topological polar surface area (TPSA) is 32.3 Å². The van der Waals surface area contributed by atoms with Gasteiger partial charge in [-0.2, -0.15) is 13.2 Å². The smallest absolute Gasteiger partial charge is 0.334 e. The number of nitrogens with one attached hydrogen (secondary N) is 1. The lowest BCUT2D eigenvalue weighted by molar-refractivity contribution is -0.138. The van der Waals surface area contributed by atoms with Crippen molar-refractivity contribution in [1.29, 1.82) is 0 Å².